The molecule has 0 aromatic heterocycles. The van der Waals surface area contributed by atoms with Gasteiger partial charge in [-0.15, -0.1) is 0 Å². The third-order valence-electron chi connectivity index (χ3n) is 2.79. The largest absolute Gasteiger partial charge is 0.382 e. The zero-order chi connectivity index (χ0) is 11.8. The van der Waals surface area contributed by atoms with Gasteiger partial charge in [0.15, 0.2) is 5.84 Å². The molecule has 17 heavy (non-hydrogen) atoms. The van der Waals surface area contributed by atoms with Crippen LogP contribution < -0.4 is 11.2 Å². The number of carbonyl (C=O) groups excluding carboxylic acids is 1. The molecule has 0 radical (unpaired) electrons. The van der Waals surface area contributed by atoms with Crippen LogP contribution in [0.2, 0.25) is 0 Å². The summed E-state index contributed by atoms with van der Waals surface area (Å²) in [4.78, 5) is 15.3. The Labute approximate surface area is 97.7 Å². The van der Waals surface area contributed by atoms with Crippen LogP contribution in [-0.4, -0.2) is 17.5 Å². The number of hydrogen-bond donors (Lipinski definition) is 2. The average Bonchev–Trinajstić information content (AvgIpc) is 2.66. The molecule has 1 aromatic carbocycles. The van der Waals surface area contributed by atoms with Crippen molar-refractivity contribution in [3.05, 3.63) is 47.2 Å². The second-order valence-electron chi connectivity index (χ2n) is 3.87. The van der Waals surface area contributed by atoms with Crippen LogP contribution in [-0.2, 0) is 4.79 Å². The molecule has 0 aliphatic carbocycles. The summed E-state index contributed by atoms with van der Waals surface area (Å²) < 4.78 is 0. The van der Waals surface area contributed by atoms with E-state index in [4.69, 9.17) is 5.73 Å². The van der Waals surface area contributed by atoms with Gasteiger partial charge in [0, 0.05) is 6.42 Å². The molecule has 0 spiro atoms. The molecule has 1 aromatic rings. The summed E-state index contributed by atoms with van der Waals surface area (Å²) in [5.41, 5.74) is 11.4. The molecule has 0 bridgehead atoms. The van der Waals surface area contributed by atoms with E-state index in [0.29, 0.717) is 17.7 Å². The van der Waals surface area contributed by atoms with Gasteiger partial charge in [-0.1, -0.05) is 30.3 Å². The van der Waals surface area contributed by atoms with Gasteiger partial charge in [0.25, 0.3) is 5.91 Å². The SMILES string of the molecule is NC1=NC(=O)C2=C1NN=C(c1ccccc1)C2. The molecule has 0 unspecified atom stereocenters. The van der Waals surface area contributed by atoms with Crippen molar-refractivity contribution < 1.29 is 4.79 Å². The summed E-state index contributed by atoms with van der Waals surface area (Å²) in [5, 5.41) is 4.22. The maximum Gasteiger partial charge on any atom is 0.277 e. The molecule has 5 nitrogen and oxygen atoms in total. The lowest BCUT2D eigenvalue weighted by Gasteiger charge is -2.14. The predicted octanol–water partition coefficient (Wildman–Crippen LogP) is 0.535. The quantitative estimate of drug-likeness (QED) is 0.733. The highest BCUT2D eigenvalue weighted by molar-refractivity contribution is 6.21. The number of aliphatic imine (C=N–C) groups is 1. The van der Waals surface area contributed by atoms with Crippen LogP contribution in [0.3, 0.4) is 0 Å². The van der Waals surface area contributed by atoms with Crippen molar-refractivity contribution in [3.8, 4) is 0 Å². The van der Waals surface area contributed by atoms with Crippen molar-refractivity contribution in [1.82, 2.24) is 5.43 Å². The Morgan fingerprint density at radius 2 is 2.00 bits per heavy atom. The first kappa shape index (κ1) is 9.77. The van der Waals surface area contributed by atoms with Gasteiger partial charge in [0.05, 0.1) is 11.3 Å². The molecule has 2 heterocycles. The Morgan fingerprint density at radius 1 is 1.24 bits per heavy atom. The molecular weight excluding hydrogens is 216 g/mol. The first-order chi connectivity index (χ1) is 8.25. The van der Waals surface area contributed by atoms with Crippen LogP contribution >= 0.6 is 0 Å². The smallest absolute Gasteiger partial charge is 0.277 e. The molecule has 2 aliphatic heterocycles. The van der Waals surface area contributed by atoms with Crippen LogP contribution in [0.4, 0.5) is 0 Å². The normalized spacial score (nSPS) is 18.5. The van der Waals surface area contributed by atoms with E-state index in [2.05, 4.69) is 15.5 Å². The molecule has 1 amide bonds. The van der Waals surface area contributed by atoms with Crippen LogP contribution in [0.1, 0.15) is 12.0 Å². The number of nitrogens with zero attached hydrogens (tertiary/aromatic N) is 2. The lowest BCUT2D eigenvalue weighted by Crippen LogP contribution is -2.27. The Balaban J connectivity index is 1.92. The fourth-order valence-electron chi connectivity index (χ4n) is 1.91. The highest BCUT2D eigenvalue weighted by atomic mass is 16.1. The van der Waals surface area contributed by atoms with E-state index in [0.717, 1.165) is 11.3 Å². The third-order valence-corrected chi connectivity index (χ3v) is 2.79. The van der Waals surface area contributed by atoms with Crippen LogP contribution in [0.25, 0.3) is 0 Å². The molecule has 0 saturated carbocycles. The van der Waals surface area contributed by atoms with E-state index in [1.54, 1.807) is 0 Å². The lowest BCUT2D eigenvalue weighted by atomic mass is 10.00. The monoisotopic (exact) mass is 226 g/mol. The second kappa shape index (κ2) is 3.55. The summed E-state index contributed by atoms with van der Waals surface area (Å²) in [6.07, 6.45) is 0.468. The van der Waals surface area contributed by atoms with Crippen molar-refractivity contribution >= 4 is 17.5 Å². The fourth-order valence-corrected chi connectivity index (χ4v) is 1.91. The van der Waals surface area contributed by atoms with Crippen LogP contribution in [0.5, 0.6) is 0 Å². The maximum absolute atomic E-state index is 11.6. The van der Waals surface area contributed by atoms with Gasteiger partial charge in [-0.3, -0.25) is 10.2 Å². The number of amidine groups is 1. The minimum absolute atomic E-state index is 0.223. The van der Waals surface area contributed by atoms with Gasteiger partial charge < -0.3 is 5.73 Å². The van der Waals surface area contributed by atoms with Gasteiger partial charge in [-0.05, 0) is 5.56 Å². The van der Waals surface area contributed by atoms with Gasteiger partial charge in [0.2, 0.25) is 0 Å². The number of rotatable bonds is 1. The molecule has 2 aliphatic rings. The number of hydrogen-bond acceptors (Lipinski definition) is 4. The van der Waals surface area contributed by atoms with Crippen molar-refractivity contribution in [2.24, 2.45) is 15.8 Å². The molecule has 3 N–H and O–H groups in total. The minimum atomic E-state index is -0.270. The van der Waals surface area contributed by atoms with Crippen molar-refractivity contribution in [3.63, 3.8) is 0 Å². The van der Waals surface area contributed by atoms with E-state index in [-0.39, 0.29) is 11.7 Å². The number of hydrazone groups is 1. The van der Waals surface area contributed by atoms with E-state index in [1.807, 2.05) is 30.3 Å². The third kappa shape index (κ3) is 1.52. The predicted molar refractivity (Wildman–Crippen MR) is 64.4 cm³/mol. The second-order valence-corrected chi connectivity index (χ2v) is 3.87. The summed E-state index contributed by atoms with van der Waals surface area (Å²) >= 11 is 0. The topological polar surface area (TPSA) is 79.8 Å². The minimum Gasteiger partial charge on any atom is -0.382 e. The summed E-state index contributed by atoms with van der Waals surface area (Å²) in [6, 6.07) is 9.71. The van der Waals surface area contributed by atoms with Crippen LogP contribution in [0, 0.1) is 0 Å². The summed E-state index contributed by atoms with van der Waals surface area (Å²) in [6.45, 7) is 0. The first-order valence-electron chi connectivity index (χ1n) is 5.26. The molecule has 0 atom stereocenters. The van der Waals surface area contributed by atoms with Gasteiger partial charge in [-0.2, -0.15) is 10.1 Å². The lowest BCUT2D eigenvalue weighted by molar-refractivity contribution is -0.114. The standard InChI is InChI=1S/C12H10N4O/c13-11-10-8(12(17)14-11)6-9(15-16-10)7-4-2-1-3-5-7/h1-5,16H,6H2,(H2,13,14,17). The summed E-state index contributed by atoms with van der Waals surface area (Å²) in [5.74, 6) is -0.0470. The molecule has 0 saturated heterocycles. The number of nitrogens with one attached hydrogen (secondary N) is 1. The number of nitrogens with two attached hydrogens (primary N) is 1. The van der Waals surface area contributed by atoms with E-state index in [9.17, 15) is 4.79 Å². The first-order valence-corrected chi connectivity index (χ1v) is 5.26. The van der Waals surface area contributed by atoms with Crippen molar-refractivity contribution in [2.45, 2.75) is 6.42 Å². The van der Waals surface area contributed by atoms with Crippen molar-refractivity contribution in [2.75, 3.05) is 0 Å². The zero-order valence-corrected chi connectivity index (χ0v) is 8.97. The van der Waals surface area contributed by atoms with E-state index in [1.165, 1.54) is 0 Å². The number of carbonyl (C=O) groups is 1. The molecule has 84 valence electrons. The summed E-state index contributed by atoms with van der Waals surface area (Å²) in [7, 11) is 0. The van der Waals surface area contributed by atoms with E-state index >= 15 is 0 Å². The Hall–Kier alpha value is -2.43. The van der Waals surface area contributed by atoms with Crippen molar-refractivity contribution in [1.29, 1.82) is 0 Å². The van der Waals surface area contributed by atoms with E-state index < -0.39 is 0 Å². The van der Waals surface area contributed by atoms with Crippen LogP contribution in [0.15, 0.2) is 51.7 Å². The number of benzene rings is 1. The highest BCUT2D eigenvalue weighted by Crippen LogP contribution is 2.22. The van der Waals surface area contributed by atoms with Gasteiger partial charge >= 0.3 is 0 Å². The Morgan fingerprint density at radius 3 is 2.76 bits per heavy atom. The highest BCUT2D eigenvalue weighted by Gasteiger charge is 2.29. The molecular formula is C12H10N4O. The zero-order valence-electron chi connectivity index (χ0n) is 8.97. The fraction of sp³-hybridized carbons (Fsp3) is 0.0833. The average molecular weight is 226 g/mol. The molecule has 3 rings (SSSR count). The Kier molecular flexibility index (Phi) is 2.04. The molecule has 5 heteroatoms. The Bertz CT molecular complexity index is 584. The van der Waals surface area contributed by atoms with Gasteiger partial charge in [0.1, 0.15) is 5.70 Å². The van der Waals surface area contributed by atoms with Gasteiger partial charge in [-0.25, -0.2) is 0 Å². The number of amides is 1. The molecule has 0 fully saturated rings. The maximum atomic E-state index is 11.6.